The van der Waals surface area contributed by atoms with Crippen LogP contribution in [0.2, 0.25) is 0 Å². The summed E-state index contributed by atoms with van der Waals surface area (Å²) in [6.45, 7) is 11.0. The lowest BCUT2D eigenvalue weighted by atomic mass is 9.94. The maximum absolute atomic E-state index is 6.36. The molecule has 3 aliphatic heterocycles. The summed E-state index contributed by atoms with van der Waals surface area (Å²) < 4.78 is 12.3. The molecule has 3 aliphatic rings. The number of aromatic nitrogens is 1. The quantitative estimate of drug-likeness (QED) is 0.835. The van der Waals surface area contributed by atoms with Gasteiger partial charge in [0.15, 0.2) is 0 Å². The molecule has 5 heteroatoms. The van der Waals surface area contributed by atoms with Crippen LogP contribution in [0.4, 0.5) is 0 Å². The minimum Gasteiger partial charge on any atom is -0.377 e. The molecule has 2 atom stereocenters. The second-order valence-corrected chi connectivity index (χ2v) is 8.11. The summed E-state index contributed by atoms with van der Waals surface area (Å²) in [4.78, 5) is 9.74. The molecular weight excluding hydrogens is 314 g/mol. The van der Waals surface area contributed by atoms with Gasteiger partial charge in [0.1, 0.15) is 5.60 Å². The number of aryl methyl sites for hydroxylation is 1. The molecule has 1 aromatic rings. The van der Waals surface area contributed by atoms with Crippen LogP contribution in [0.1, 0.15) is 30.7 Å². The fourth-order valence-electron chi connectivity index (χ4n) is 4.63. The summed E-state index contributed by atoms with van der Waals surface area (Å²) >= 11 is 0. The van der Waals surface area contributed by atoms with Crippen LogP contribution >= 0.6 is 0 Å². The van der Waals surface area contributed by atoms with Crippen molar-refractivity contribution in [1.82, 2.24) is 14.8 Å². The van der Waals surface area contributed by atoms with Crippen LogP contribution in [-0.4, -0.2) is 72.9 Å². The number of hydrogen-bond donors (Lipinski definition) is 0. The second-order valence-electron chi connectivity index (χ2n) is 8.11. The molecule has 0 unspecified atom stereocenters. The molecule has 1 spiro atoms. The van der Waals surface area contributed by atoms with Gasteiger partial charge in [0, 0.05) is 31.9 Å². The Morgan fingerprint density at radius 3 is 2.92 bits per heavy atom. The van der Waals surface area contributed by atoms with Crippen LogP contribution in [0.15, 0.2) is 18.2 Å². The number of hydrogen-bond acceptors (Lipinski definition) is 5. The van der Waals surface area contributed by atoms with Gasteiger partial charge in [-0.2, -0.15) is 0 Å². The standard InChI is InChI=1S/C20H31N3O2/c1-17-5-4-6-19(21-17)13-23-9-10-24-16-20(15-23)11-18(14-25-20)12-22-7-2-3-8-22/h4-6,18H,2-3,7-16H2,1H3/t18-,20+/m0/s1. The first-order valence-corrected chi connectivity index (χ1v) is 9.80. The molecule has 4 rings (SSSR count). The van der Waals surface area contributed by atoms with Gasteiger partial charge in [0.05, 0.1) is 25.5 Å². The van der Waals surface area contributed by atoms with Crippen LogP contribution < -0.4 is 0 Å². The van der Waals surface area contributed by atoms with Gasteiger partial charge < -0.3 is 14.4 Å². The van der Waals surface area contributed by atoms with E-state index in [1.165, 1.54) is 32.5 Å². The molecule has 1 aromatic heterocycles. The summed E-state index contributed by atoms with van der Waals surface area (Å²) in [5, 5.41) is 0. The molecule has 25 heavy (non-hydrogen) atoms. The minimum absolute atomic E-state index is 0.120. The lowest BCUT2D eigenvalue weighted by Gasteiger charge is -2.31. The molecule has 0 radical (unpaired) electrons. The van der Waals surface area contributed by atoms with Gasteiger partial charge in [-0.25, -0.2) is 0 Å². The third kappa shape index (κ3) is 4.40. The van der Waals surface area contributed by atoms with Gasteiger partial charge in [-0.15, -0.1) is 0 Å². The fourth-order valence-corrected chi connectivity index (χ4v) is 4.63. The average molecular weight is 345 g/mol. The van der Waals surface area contributed by atoms with E-state index in [2.05, 4.69) is 39.9 Å². The third-order valence-electron chi connectivity index (χ3n) is 5.76. The number of likely N-dealkylation sites (tertiary alicyclic amines) is 1. The van der Waals surface area contributed by atoms with Gasteiger partial charge in [-0.05, 0) is 57.3 Å². The summed E-state index contributed by atoms with van der Waals surface area (Å²) in [6, 6.07) is 6.27. The Labute approximate surface area is 151 Å². The number of ether oxygens (including phenoxy) is 2. The van der Waals surface area contributed by atoms with E-state index in [1.807, 2.05) is 0 Å². The zero-order chi connectivity index (χ0) is 17.1. The van der Waals surface area contributed by atoms with E-state index in [4.69, 9.17) is 9.47 Å². The van der Waals surface area contributed by atoms with Crippen molar-refractivity contribution < 1.29 is 9.47 Å². The van der Waals surface area contributed by atoms with Crippen molar-refractivity contribution in [3.63, 3.8) is 0 Å². The Kier molecular flexibility index (Phi) is 5.36. The molecule has 0 aliphatic carbocycles. The molecule has 4 heterocycles. The maximum atomic E-state index is 6.36. The van der Waals surface area contributed by atoms with Gasteiger partial charge >= 0.3 is 0 Å². The SMILES string of the molecule is Cc1cccc(CN2CCOC[C@@]3(C[C@@H](CN4CCCC4)CO3)C2)n1. The van der Waals surface area contributed by atoms with Crippen LogP contribution in [-0.2, 0) is 16.0 Å². The highest BCUT2D eigenvalue weighted by atomic mass is 16.5. The Morgan fingerprint density at radius 2 is 2.08 bits per heavy atom. The Morgan fingerprint density at radius 1 is 1.20 bits per heavy atom. The van der Waals surface area contributed by atoms with Gasteiger partial charge in [0.25, 0.3) is 0 Å². The summed E-state index contributed by atoms with van der Waals surface area (Å²) in [5.41, 5.74) is 2.11. The van der Waals surface area contributed by atoms with E-state index in [0.717, 1.165) is 57.3 Å². The number of nitrogens with zero attached hydrogens (tertiary/aromatic N) is 3. The molecule has 0 amide bonds. The van der Waals surface area contributed by atoms with Crippen LogP contribution in [0.5, 0.6) is 0 Å². The second kappa shape index (κ2) is 7.70. The van der Waals surface area contributed by atoms with Crippen molar-refractivity contribution in [1.29, 1.82) is 0 Å². The molecule has 138 valence electrons. The molecule has 0 N–H and O–H groups in total. The highest BCUT2D eigenvalue weighted by Crippen LogP contribution is 2.34. The minimum atomic E-state index is -0.120. The summed E-state index contributed by atoms with van der Waals surface area (Å²) in [7, 11) is 0. The first kappa shape index (κ1) is 17.4. The Bertz CT molecular complexity index is 576. The van der Waals surface area contributed by atoms with E-state index in [0.29, 0.717) is 5.92 Å². The number of rotatable bonds is 4. The van der Waals surface area contributed by atoms with Crippen molar-refractivity contribution in [3.05, 3.63) is 29.6 Å². The van der Waals surface area contributed by atoms with Crippen molar-refractivity contribution in [3.8, 4) is 0 Å². The Hall–Kier alpha value is -1.01. The van der Waals surface area contributed by atoms with E-state index < -0.39 is 0 Å². The fraction of sp³-hybridized carbons (Fsp3) is 0.750. The summed E-state index contributed by atoms with van der Waals surface area (Å²) in [5.74, 6) is 0.652. The lowest BCUT2D eigenvalue weighted by Crippen LogP contribution is -2.44. The predicted octanol–water partition coefficient (Wildman–Crippen LogP) is 2.09. The Balaban J connectivity index is 1.37. The molecule has 0 saturated carbocycles. The van der Waals surface area contributed by atoms with Crippen molar-refractivity contribution in [2.75, 3.05) is 52.5 Å². The smallest absolute Gasteiger partial charge is 0.104 e. The zero-order valence-electron chi connectivity index (χ0n) is 15.5. The first-order chi connectivity index (χ1) is 12.2. The highest BCUT2D eigenvalue weighted by Gasteiger charge is 2.43. The topological polar surface area (TPSA) is 37.8 Å². The van der Waals surface area contributed by atoms with Gasteiger partial charge in [-0.1, -0.05) is 6.07 Å². The maximum Gasteiger partial charge on any atom is 0.104 e. The predicted molar refractivity (Wildman–Crippen MR) is 97.5 cm³/mol. The van der Waals surface area contributed by atoms with Crippen LogP contribution in [0.3, 0.4) is 0 Å². The van der Waals surface area contributed by atoms with Gasteiger partial charge in [-0.3, -0.25) is 9.88 Å². The first-order valence-electron chi connectivity index (χ1n) is 9.80. The van der Waals surface area contributed by atoms with Crippen molar-refractivity contribution >= 4 is 0 Å². The largest absolute Gasteiger partial charge is 0.377 e. The molecule has 3 saturated heterocycles. The summed E-state index contributed by atoms with van der Waals surface area (Å²) in [6.07, 6.45) is 3.85. The van der Waals surface area contributed by atoms with E-state index in [-0.39, 0.29) is 5.60 Å². The zero-order valence-corrected chi connectivity index (χ0v) is 15.5. The molecule has 5 nitrogen and oxygen atoms in total. The third-order valence-corrected chi connectivity index (χ3v) is 5.76. The van der Waals surface area contributed by atoms with Gasteiger partial charge in [0.2, 0.25) is 0 Å². The van der Waals surface area contributed by atoms with E-state index in [1.54, 1.807) is 0 Å². The molecule has 3 fully saturated rings. The van der Waals surface area contributed by atoms with Crippen molar-refractivity contribution in [2.24, 2.45) is 5.92 Å². The van der Waals surface area contributed by atoms with Crippen LogP contribution in [0.25, 0.3) is 0 Å². The average Bonchev–Trinajstić information content (AvgIpc) is 3.18. The van der Waals surface area contributed by atoms with E-state index in [9.17, 15) is 0 Å². The molecular formula is C20H31N3O2. The van der Waals surface area contributed by atoms with Crippen molar-refractivity contribution in [2.45, 2.75) is 38.3 Å². The van der Waals surface area contributed by atoms with E-state index >= 15 is 0 Å². The van der Waals surface area contributed by atoms with Crippen LogP contribution in [0, 0.1) is 12.8 Å². The number of pyridine rings is 1. The monoisotopic (exact) mass is 345 g/mol. The molecule has 0 bridgehead atoms. The molecule has 0 aromatic carbocycles. The normalized spacial score (nSPS) is 31.6. The highest BCUT2D eigenvalue weighted by molar-refractivity contribution is 5.10. The lowest BCUT2D eigenvalue weighted by molar-refractivity contribution is -0.0563.